The molecule has 0 aliphatic carbocycles. The molecule has 19 heavy (non-hydrogen) atoms. The zero-order chi connectivity index (χ0) is 13.7. The van der Waals surface area contributed by atoms with Crippen LogP contribution in [0.2, 0.25) is 0 Å². The molecule has 0 aromatic rings. The Balaban J connectivity index is 1.74. The first-order valence-corrected chi connectivity index (χ1v) is 7.86. The maximum atomic E-state index is 10.5. The molecule has 0 aromatic heterocycles. The molecule has 2 saturated heterocycles. The lowest BCUT2D eigenvalue weighted by Gasteiger charge is -2.16. The summed E-state index contributed by atoms with van der Waals surface area (Å²) < 4.78 is 0. The van der Waals surface area contributed by atoms with Crippen molar-refractivity contribution in [1.29, 1.82) is 0 Å². The van der Waals surface area contributed by atoms with Crippen LogP contribution in [0.5, 0.6) is 0 Å². The second-order valence-corrected chi connectivity index (χ2v) is 6.22. The molecule has 7 heteroatoms. The Morgan fingerprint density at radius 2 is 2.32 bits per heavy atom. The normalized spacial score (nSPS) is 31.0. The average molecular weight is 286 g/mol. The Labute approximate surface area is 117 Å². The van der Waals surface area contributed by atoms with Gasteiger partial charge < -0.3 is 21.5 Å². The van der Waals surface area contributed by atoms with Crippen LogP contribution < -0.4 is 16.4 Å². The van der Waals surface area contributed by atoms with Gasteiger partial charge in [-0.05, 0) is 12.8 Å². The largest absolute Gasteiger partial charge is 0.481 e. The van der Waals surface area contributed by atoms with Crippen LogP contribution in [0.4, 0.5) is 0 Å². The minimum Gasteiger partial charge on any atom is -0.481 e. The summed E-state index contributed by atoms with van der Waals surface area (Å²) in [5, 5.41) is 16.0. The highest BCUT2D eigenvalue weighted by atomic mass is 32.2. The van der Waals surface area contributed by atoms with Gasteiger partial charge in [0, 0.05) is 24.0 Å². The number of carboxylic acids is 1. The van der Waals surface area contributed by atoms with Crippen molar-refractivity contribution in [2.75, 3.05) is 18.8 Å². The van der Waals surface area contributed by atoms with Crippen molar-refractivity contribution in [3.8, 4) is 0 Å². The van der Waals surface area contributed by atoms with E-state index >= 15 is 0 Å². The van der Waals surface area contributed by atoms with Crippen molar-refractivity contribution in [2.45, 2.75) is 43.0 Å². The molecule has 2 heterocycles. The minimum atomic E-state index is -0.700. The molecule has 0 bridgehead atoms. The summed E-state index contributed by atoms with van der Waals surface area (Å²) in [7, 11) is 0. The van der Waals surface area contributed by atoms with Crippen LogP contribution in [0, 0.1) is 0 Å². The lowest BCUT2D eigenvalue weighted by molar-refractivity contribution is -0.137. The molecule has 0 spiro atoms. The maximum absolute atomic E-state index is 10.5. The monoisotopic (exact) mass is 286 g/mol. The van der Waals surface area contributed by atoms with Gasteiger partial charge in [-0.25, -0.2) is 0 Å². The summed E-state index contributed by atoms with van der Waals surface area (Å²) in [4.78, 5) is 14.8. The molecule has 2 aliphatic rings. The third kappa shape index (κ3) is 4.01. The fourth-order valence-corrected chi connectivity index (χ4v) is 4.09. The Morgan fingerprint density at radius 3 is 3.05 bits per heavy atom. The third-order valence-corrected chi connectivity index (χ3v) is 4.99. The van der Waals surface area contributed by atoms with Gasteiger partial charge in [-0.15, -0.1) is 0 Å². The van der Waals surface area contributed by atoms with Gasteiger partial charge in [0.05, 0.1) is 18.6 Å². The number of hydrogen-bond donors (Lipinski definition) is 4. The fourth-order valence-electron chi connectivity index (χ4n) is 2.55. The number of hydrogen-bond acceptors (Lipinski definition) is 4. The number of nitrogens with two attached hydrogens (primary N) is 1. The van der Waals surface area contributed by atoms with E-state index in [4.69, 9.17) is 10.8 Å². The fraction of sp³-hybridized carbons (Fsp3) is 0.833. The van der Waals surface area contributed by atoms with Crippen LogP contribution in [0.1, 0.15) is 25.7 Å². The summed E-state index contributed by atoms with van der Waals surface area (Å²) in [6.07, 6.45) is 3.09. The molecule has 108 valence electrons. The van der Waals surface area contributed by atoms with Crippen LogP contribution in [-0.4, -0.2) is 53.2 Å². The molecular weight excluding hydrogens is 264 g/mol. The summed E-state index contributed by atoms with van der Waals surface area (Å²) in [6, 6.07) is 0.873. The molecule has 3 atom stereocenters. The van der Waals surface area contributed by atoms with Crippen molar-refractivity contribution >= 4 is 23.7 Å². The van der Waals surface area contributed by atoms with Crippen LogP contribution in [0.25, 0.3) is 0 Å². The number of aliphatic carboxylic acids is 1. The topological polar surface area (TPSA) is 99.7 Å². The second-order valence-electron chi connectivity index (χ2n) is 4.95. The molecule has 0 unspecified atom stereocenters. The minimum absolute atomic E-state index is 0.278. The molecule has 6 nitrogen and oxygen atoms in total. The lowest BCUT2D eigenvalue weighted by Crippen LogP contribution is -2.37. The SMILES string of the molecule is NCCN=C1N[C@H]2[C@H](CS[C@H]2CCCCC(=O)O)N1. The summed E-state index contributed by atoms with van der Waals surface area (Å²) in [5.74, 6) is 1.26. The zero-order valence-corrected chi connectivity index (χ0v) is 11.8. The smallest absolute Gasteiger partial charge is 0.303 e. The number of nitrogens with zero attached hydrogens (tertiary/aromatic N) is 1. The first-order chi connectivity index (χ1) is 9.20. The number of unbranched alkanes of at least 4 members (excludes halogenated alkanes) is 1. The summed E-state index contributed by atoms with van der Waals surface area (Å²) in [6.45, 7) is 1.21. The average Bonchev–Trinajstić information content (AvgIpc) is 2.92. The van der Waals surface area contributed by atoms with E-state index in [0.717, 1.165) is 31.0 Å². The lowest BCUT2D eigenvalue weighted by atomic mass is 10.0. The van der Waals surface area contributed by atoms with Crippen LogP contribution in [0.15, 0.2) is 4.99 Å². The molecule has 5 N–H and O–H groups in total. The molecule has 2 aliphatic heterocycles. The Kier molecular flexibility index (Phi) is 5.33. The number of guanidine groups is 1. The predicted molar refractivity (Wildman–Crippen MR) is 77.6 cm³/mol. The van der Waals surface area contributed by atoms with Crippen molar-refractivity contribution in [3.05, 3.63) is 0 Å². The Morgan fingerprint density at radius 1 is 1.47 bits per heavy atom. The van der Waals surface area contributed by atoms with Gasteiger partial charge in [0.25, 0.3) is 0 Å². The van der Waals surface area contributed by atoms with E-state index in [0.29, 0.717) is 30.4 Å². The van der Waals surface area contributed by atoms with Gasteiger partial charge in [0.15, 0.2) is 5.96 Å². The number of thioether (sulfide) groups is 1. The number of fused-ring (bicyclic) bond motifs is 1. The van der Waals surface area contributed by atoms with Gasteiger partial charge in [0.2, 0.25) is 0 Å². The molecule has 0 aromatic carbocycles. The number of carboxylic acid groups (broad SMARTS) is 1. The van der Waals surface area contributed by atoms with Crippen molar-refractivity contribution in [2.24, 2.45) is 10.7 Å². The summed E-state index contributed by atoms with van der Waals surface area (Å²) >= 11 is 1.97. The molecule has 0 amide bonds. The molecule has 2 fully saturated rings. The standard InChI is InChI=1S/C12H22N4O2S/c13-5-6-14-12-15-8-7-19-9(11(8)16-12)3-1-2-4-10(17)18/h8-9,11H,1-7,13H2,(H,17,18)(H2,14,15,16)/t8-,9-,11-/m0/s1. The van der Waals surface area contributed by atoms with Crippen molar-refractivity contribution in [3.63, 3.8) is 0 Å². The van der Waals surface area contributed by atoms with E-state index in [9.17, 15) is 4.79 Å². The quantitative estimate of drug-likeness (QED) is 0.491. The van der Waals surface area contributed by atoms with Crippen molar-refractivity contribution in [1.82, 2.24) is 10.6 Å². The zero-order valence-electron chi connectivity index (χ0n) is 11.0. The number of nitrogens with one attached hydrogen (secondary N) is 2. The predicted octanol–water partition coefficient (Wildman–Crippen LogP) is -0.00850. The van der Waals surface area contributed by atoms with Crippen LogP contribution in [0.3, 0.4) is 0 Å². The van der Waals surface area contributed by atoms with E-state index in [1.807, 2.05) is 11.8 Å². The van der Waals surface area contributed by atoms with E-state index in [2.05, 4.69) is 15.6 Å². The van der Waals surface area contributed by atoms with E-state index in [1.54, 1.807) is 0 Å². The van der Waals surface area contributed by atoms with E-state index in [-0.39, 0.29) is 6.42 Å². The first kappa shape index (κ1) is 14.5. The highest BCUT2D eigenvalue weighted by Gasteiger charge is 2.41. The van der Waals surface area contributed by atoms with Crippen LogP contribution >= 0.6 is 11.8 Å². The van der Waals surface area contributed by atoms with Crippen molar-refractivity contribution < 1.29 is 9.90 Å². The van der Waals surface area contributed by atoms with Gasteiger partial charge in [-0.1, -0.05) is 6.42 Å². The number of rotatable bonds is 7. The number of aliphatic imine (C=N–C) groups is 1. The van der Waals surface area contributed by atoms with Gasteiger partial charge >= 0.3 is 5.97 Å². The highest BCUT2D eigenvalue weighted by molar-refractivity contribution is 8.00. The second kappa shape index (κ2) is 7.00. The maximum Gasteiger partial charge on any atom is 0.303 e. The first-order valence-electron chi connectivity index (χ1n) is 6.81. The van der Waals surface area contributed by atoms with E-state index in [1.165, 1.54) is 0 Å². The van der Waals surface area contributed by atoms with Gasteiger partial charge in [0.1, 0.15) is 0 Å². The highest BCUT2D eigenvalue weighted by Crippen LogP contribution is 2.33. The molecule has 0 saturated carbocycles. The molecule has 0 radical (unpaired) electrons. The van der Waals surface area contributed by atoms with Gasteiger partial charge in [-0.3, -0.25) is 9.79 Å². The summed E-state index contributed by atoms with van der Waals surface area (Å²) in [5.41, 5.74) is 5.44. The van der Waals surface area contributed by atoms with Crippen LogP contribution in [-0.2, 0) is 4.79 Å². The number of carbonyl (C=O) groups is 1. The molecular formula is C12H22N4O2S. The van der Waals surface area contributed by atoms with E-state index < -0.39 is 5.97 Å². The Hall–Kier alpha value is -0.950. The third-order valence-electron chi connectivity index (χ3n) is 3.48. The Bertz CT molecular complexity index is 351. The molecule has 2 rings (SSSR count). The van der Waals surface area contributed by atoms with Gasteiger partial charge in [-0.2, -0.15) is 11.8 Å².